The first-order chi connectivity index (χ1) is 10.5. The Bertz CT molecular complexity index is 540. The van der Waals surface area contributed by atoms with Gasteiger partial charge in [-0.25, -0.2) is 0 Å². The molecule has 5 nitrogen and oxygen atoms in total. The molecule has 0 unspecified atom stereocenters. The molecule has 0 saturated carbocycles. The molecular formula is C16H22N2O3S. The molecule has 0 spiro atoms. The molecule has 1 fully saturated rings. The van der Waals surface area contributed by atoms with Crippen molar-refractivity contribution in [2.75, 3.05) is 11.6 Å². The van der Waals surface area contributed by atoms with Crippen molar-refractivity contribution < 1.29 is 14.0 Å². The molecule has 120 valence electrons. The summed E-state index contributed by atoms with van der Waals surface area (Å²) in [6.07, 6.45) is 4.63. The number of hydrogen-bond donors (Lipinski definition) is 1. The number of nitrogens with zero attached hydrogens (tertiary/aromatic N) is 1. The third kappa shape index (κ3) is 4.16. The molecule has 1 aliphatic heterocycles. The summed E-state index contributed by atoms with van der Waals surface area (Å²) in [6.45, 7) is 6.10. The van der Waals surface area contributed by atoms with Crippen LogP contribution in [-0.2, 0) is 9.59 Å². The predicted octanol–water partition coefficient (Wildman–Crippen LogP) is 2.36. The van der Waals surface area contributed by atoms with E-state index in [1.807, 2.05) is 6.92 Å². The Labute approximate surface area is 135 Å². The Morgan fingerprint density at radius 1 is 1.45 bits per heavy atom. The summed E-state index contributed by atoms with van der Waals surface area (Å²) < 4.78 is 5.16. The highest BCUT2D eigenvalue weighted by atomic mass is 32.2. The first-order valence-corrected chi connectivity index (χ1v) is 8.55. The van der Waals surface area contributed by atoms with Crippen LogP contribution >= 0.6 is 11.8 Å². The minimum absolute atomic E-state index is 0.0778. The van der Waals surface area contributed by atoms with Crippen molar-refractivity contribution in [3.63, 3.8) is 0 Å². The van der Waals surface area contributed by atoms with Crippen molar-refractivity contribution in [3.05, 3.63) is 30.2 Å². The smallest absolute Gasteiger partial charge is 0.248 e. The van der Waals surface area contributed by atoms with Crippen LogP contribution in [0, 0.1) is 5.92 Å². The normalized spacial score (nSPS) is 19.8. The van der Waals surface area contributed by atoms with Crippen LogP contribution in [0.15, 0.2) is 28.9 Å². The molecule has 6 heteroatoms. The Morgan fingerprint density at radius 2 is 2.23 bits per heavy atom. The third-order valence-electron chi connectivity index (χ3n) is 3.77. The lowest BCUT2D eigenvalue weighted by atomic mass is 10.1. The van der Waals surface area contributed by atoms with E-state index >= 15 is 0 Å². The summed E-state index contributed by atoms with van der Waals surface area (Å²) >= 11 is 1.59. The average Bonchev–Trinajstić information content (AvgIpc) is 3.15. The number of hydrogen-bond acceptors (Lipinski definition) is 4. The van der Waals surface area contributed by atoms with Crippen LogP contribution < -0.4 is 5.32 Å². The Balaban J connectivity index is 1.97. The molecule has 2 atom stereocenters. The molecule has 2 rings (SSSR count). The van der Waals surface area contributed by atoms with Crippen molar-refractivity contribution in [1.82, 2.24) is 10.2 Å². The lowest BCUT2D eigenvalue weighted by molar-refractivity contribution is -0.135. The van der Waals surface area contributed by atoms with Crippen molar-refractivity contribution in [2.45, 2.75) is 32.9 Å². The molecule has 1 aromatic heterocycles. The van der Waals surface area contributed by atoms with E-state index in [4.69, 9.17) is 4.42 Å². The largest absolute Gasteiger partial charge is 0.465 e. The minimum atomic E-state index is -0.403. The molecule has 1 aliphatic rings. The highest BCUT2D eigenvalue weighted by Crippen LogP contribution is 2.22. The summed E-state index contributed by atoms with van der Waals surface area (Å²) in [5.41, 5.74) is 0. The molecular weight excluding hydrogens is 300 g/mol. The fourth-order valence-corrected chi connectivity index (χ4v) is 3.16. The number of rotatable bonds is 5. The maximum Gasteiger partial charge on any atom is 0.248 e. The maximum absolute atomic E-state index is 12.3. The molecule has 1 aromatic rings. The Hall–Kier alpha value is -1.69. The Morgan fingerprint density at radius 3 is 2.86 bits per heavy atom. The van der Waals surface area contributed by atoms with Crippen LogP contribution in [0.3, 0.4) is 0 Å². The van der Waals surface area contributed by atoms with Crippen LogP contribution in [0.2, 0.25) is 0 Å². The van der Waals surface area contributed by atoms with Crippen molar-refractivity contribution in [2.24, 2.45) is 5.92 Å². The van der Waals surface area contributed by atoms with E-state index in [0.717, 1.165) is 0 Å². The van der Waals surface area contributed by atoms with Gasteiger partial charge < -0.3 is 14.6 Å². The second kappa shape index (κ2) is 7.54. The van der Waals surface area contributed by atoms with Gasteiger partial charge in [-0.1, -0.05) is 13.8 Å². The van der Waals surface area contributed by atoms with Gasteiger partial charge in [-0.15, -0.1) is 11.8 Å². The highest BCUT2D eigenvalue weighted by molar-refractivity contribution is 7.99. The van der Waals surface area contributed by atoms with Crippen LogP contribution in [0.4, 0.5) is 0 Å². The highest BCUT2D eigenvalue weighted by Gasteiger charge is 2.34. The van der Waals surface area contributed by atoms with E-state index in [9.17, 15) is 9.59 Å². The van der Waals surface area contributed by atoms with E-state index in [2.05, 4.69) is 19.2 Å². The molecule has 0 aliphatic carbocycles. The first-order valence-electron chi connectivity index (χ1n) is 7.39. The van der Waals surface area contributed by atoms with Crippen molar-refractivity contribution in [1.29, 1.82) is 0 Å². The van der Waals surface area contributed by atoms with Gasteiger partial charge in [0.1, 0.15) is 11.8 Å². The van der Waals surface area contributed by atoms with E-state index in [0.29, 0.717) is 23.3 Å². The predicted molar refractivity (Wildman–Crippen MR) is 88.1 cm³/mol. The van der Waals surface area contributed by atoms with Crippen LogP contribution in [0.25, 0.3) is 6.08 Å². The van der Waals surface area contributed by atoms with Gasteiger partial charge in [-0.05, 0) is 31.1 Å². The molecule has 0 bridgehead atoms. The molecule has 2 amide bonds. The fraction of sp³-hybridized carbons (Fsp3) is 0.500. The van der Waals surface area contributed by atoms with Gasteiger partial charge in [-0.2, -0.15) is 0 Å². The summed E-state index contributed by atoms with van der Waals surface area (Å²) in [6, 6.07) is 3.23. The van der Waals surface area contributed by atoms with Gasteiger partial charge in [0.15, 0.2) is 0 Å². The van der Waals surface area contributed by atoms with E-state index in [1.165, 1.54) is 6.08 Å². The Kier molecular flexibility index (Phi) is 5.71. The van der Waals surface area contributed by atoms with E-state index in [1.54, 1.807) is 41.1 Å². The fourth-order valence-electron chi connectivity index (χ4n) is 2.00. The van der Waals surface area contributed by atoms with Gasteiger partial charge in [0.05, 0.1) is 12.1 Å². The van der Waals surface area contributed by atoms with Crippen LogP contribution in [0.5, 0.6) is 0 Å². The zero-order valence-electron chi connectivity index (χ0n) is 13.1. The van der Waals surface area contributed by atoms with Crippen molar-refractivity contribution >= 4 is 29.7 Å². The number of amides is 2. The lowest BCUT2D eigenvalue weighted by Gasteiger charge is -2.25. The molecule has 0 aromatic carbocycles. The van der Waals surface area contributed by atoms with Crippen LogP contribution in [-0.4, -0.2) is 40.4 Å². The molecule has 2 heterocycles. The van der Waals surface area contributed by atoms with Crippen LogP contribution in [0.1, 0.15) is 26.5 Å². The number of furan rings is 1. The van der Waals surface area contributed by atoms with Gasteiger partial charge in [0.25, 0.3) is 0 Å². The number of carbonyl (C=O) groups excluding carboxylic acids is 2. The van der Waals surface area contributed by atoms with Gasteiger partial charge in [-0.3, -0.25) is 9.59 Å². The van der Waals surface area contributed by atoms with E-state index < -0.39 is 6.04 Å². The second-order valence-corrected chi connectivity index (χ2v) is 6.71. The summed E-state index contributed by atoms with van der Waals surface area (Å²) in [5, 5.41) is 2.99. The SMILES string of the molecule is CC(C)[C@H](C)NC(=O)[C@H]1CSCN1C(=O)/C=C/c1ccco1. The maximum atomic E-state index is 12.3. The number of nitrogens with one attached hydrogen (secondary N) is 1. The zero-order chi connectivity index (χ0) is 16.1. The average molecular weight is 322 g/mol. The monoisotopic (exact) mass is 322 g/mol. The molecule has 1 saturated heterocycles. The quantitative estimate of drug-likeness (QED) is 0.845. The second-order valence-electron chi connectivity index (χ2n) is 5.71. The van der Waals surface area contributed by atoms with Gasteiger partial charge >= 0.3 is 0 Å². The molecule has 0 radical (unpaired) electrons. The minimum Gasteiger partial charge on any atom is -0.465 e. The van der Waals surface area contributed by atoms with E-state index in [-0.39, 0.29) is 17.9 Å². The third-order valence-corrected chi connectivity index (χ3v) is 4.78. The summed E-state index contributed by atoms with van der Waals surface area (Å²) in [4.78, 5) is 26.2. The first kappa shape index (κ1) is 16.7. The topological polar surface area (TPSA) is 62.6 Å². The summed E-state index contributed by atoms with van der Waals surface area (Å²) in [7, 11) is 0. The standard InChI is InChI=1S/C16H22N2O3S/c1-11(2)12(3)17-16(20)14-9-22-10-18(14)15(19)7-6-13-5-4-8-21-13/h4-8,11-12,14H,9-10H2,1-3H3,(H,17,20)/b7-6+/t12-,14+/m0/s1. The van der Waals surface area contributed by atoms with Crippen molar-refractivity contribution in [3.8, 4) is 0 Å². The molecule has 1 N–H and O–H groups in total. The zero-order valence-corrected chi connectivity index (χ0v) is 13.9. The summed E-state index contributed by atoms with van der Waals surface area (Å²) in [5.74, 6) is 1.91. The van der Waals surface area contributed by atoms with Gasteiger partial charge in [0, 0.05) is 17.9 Å². The molecule has 22 heavy (non-hydrogen) atoms. The lowest BCUT2D eigenvalue weighted by Crippen LogP contribution is -2.50. The van der Waals surface area contributed by atoms with Gasteiger partial charge in [0.2, 0.25) is 11.8 Å². The number of carbonyl (C=O) groups is 2. The number of thioether (sulfide) groups is 1.